The van der Waals surface area contributed by atoms with Crippen molar-refractivity contribution < 1.29 is 39.2 Å². The van der Waals surface area contributed by atoms with Crippen molar-refractivity contribution in [3.63, 3.8) is 0 Å². The molecule has 1 aliphatic rings. The number of ether oxygens (including phenoxy) is 2. The Morgan fingerprint density at radius 2 is 1.50 bits per heavy atom. The number of methoxy groups -OCH3 is 1. The van der Waals surface area contributed by atoms with Crippen molar-refractivity contribution in [2.24, 2.45) is 17.8 Å². The van der Waals surface area contributed by atoms with Crippen molar-refractivity contribution in [2.75, 3.05) is 13.7 Å². The highest BCUT2D eigenvalue weighted by Gasteiger charge is 2.43. The molecule has 1 rings (SSSR count). The van der Waals surface area contributed by atoms with Gasteiger partial charge in [-0.2, -0.15) is 0 Å². The van der Waals surface area contributed by atoms with E-state index in [4.69, 9.17) is 24.8 Å². The van der Waals surface area contributed by atoms with E-state index >= 15 is 0 Å². The Morgan fingerprint density at radius 3 is 1.95 bits per heavy atom. The number of rotatable bonds is 7. The summed E-state index contributed by atoms with van der Waals surface area (Å²) in [6.07, 6.45) is -1.73. The van der Waals surface area contributed by atoms with E-state index in [0.717, 1.165) is 0 Å². The zero-order valence-electron chi connectivity index (χ0n) is 11.0. The Morgan fingerprint density at radius 1 is 1.00 bits per heavy atom. The predicted molar refractivity (Wildman–Crippen MR) is 64.0 cm³/mol. The van der Waals surface area contributed by atoms with E-state index in [1.54, 1.807) is 0 Å². The highest BCUT2D eigenvalue weighted by molar-refractivity contribution is 5.70. The van der Waals surface area contributed by atoms with E-state index < -0.39 is 42.0 Å². The third-order valence-corrected chi connectivity index (χ3v) is 3.47. The van der Waals surface area contributed by atoms with Crippen LogP contribution in [0.15, 0.2) is 0 Å². The van der Waals surface area contributed by atoms with Gasteiger partial charge in [-0.3, -0.25) is 14.4 Å². The molecule has 4 unspecified atom stereocenters. The first-order valence-corrected chi connectivity index (χ1v) is 6.15. The summed E-state index contributed by atoms with van der Waals surface area (Å²) in [6, 6.07) is 0. The van der Waals surface area contributed by atoms with Crippen molar-refractivity contribution in [1.29, 1.82) is 0 Å². The average molecular weight is 290 g/mol. The summed E-state index contributed by atoms with van der Waals surface area (Å²) in [5, 5.41) is 26.7. The molecule has 1 saturated heterocycles. The monoisotopic (exact) mass is 290 g/mol. The molecule has 0 bridgehead atoms. The zero-order valence-corrected chi connectivity index (χ0v) is 11.0. The van der Waals surface area contributed by atoms with Gasteiger partial charge in [0, 0.05) is 19.4 Å². The molecule has 1 aliphatic heterocycles. The molecule has 0 aliphatic carbocycles. The lowest BCUT2D eigenvalue weighted by Gasteiger charge is -2.40. The van der Waals surface area contributed by atoms with Crippen molar-refractivity contribution in [1.82, 2.24) is 0 Å². The number of hydrogen-bond acceptors (Lipinski definition) is 5. The van der Waals surface area contributed by atoms with Gasteiger partial charge in [0.25, 0.3) is 0 Å². The number of carbonyl (C=O) groups is 3. The lowest BCUT2D eigenvalue weighted by molar-refractivity contribution is -0.219. The topological polar surface area (TPSA) is 130 Å². The van der Waals surface area contributed by atoms with Gasteiger partial charge in [-0.15, -0.1) is 0 Å². The van der Waals surface area contributed by atoms with Crippen LogP contribution in [0.5, 0.6) is 0 Å². The highest BCUT2D eigenvalue weighted by atomic mass is 16.7. The zero-order chi connectivity index (χ0) is 15.3. The van der Waals surface area contributed by atoms with Gasteiger partial charge in [0.15, 0.2) is 6.29 Å². The molecule has 3 N–H and O–H groups in total. The molecular weight excluding hydrogens is 272 g/mol. The second-order valence-electron chi connectivity index (χ2n) is 4.82. The largest absolute Gasteiger partial charge is 0.481 e. The van der Waals surface area contributed by atoms with Crippen LogP contribution >= 0.6 is 0 Å². The molecule has 4 atom stereocenters. The van der Waals surface area contributed by atoms with Crippen LogP contribution in [-0.2, 0) is 23.9 Å². The van der Waals surface area contributed by atoms with Gasteiger partial charge >= 0.3 is 17.9 Å². The molecule has 0 aromatic heterocycles. The first-order valence-electron chi connectivity index (χ1n) is 6.15. The van der Waals surface area contributed by atoms with E-state index in [2.05, 4.69) is 0 Å². The Balaban J connectivity index is 2.95. The molecule has 0 amide bonds. The third-order valence-electron chi connectivity index (χ3n) is 3.47. The fourth-order valence-corrected chi connectivity index (χ4v) is 2.66. The summed E-state index contributed by atoms with van der Waals surface area (Å²) in [5.41, 5.74) is 0. The summed E-state index contributed by atoms with van der Waals surface area (Å²) < 4.78 is 10.4. The molecule has 1 fully saturated rings. The molecule has 114 valence electrons. The molecule has 1 heterocycles. The summed E-state index contributed by atoms with van der Waals surface area (Å²) in [4.78, 5) is 32.7. The Hall–Kier alpha value is -1.67. The predicted octanol–water partition coefficient (Wildman–Crippen LogP) is 0.262. The Labute approximate surface area is 115 Å². The maximum Gasteiger partial charge on any atom is 0.303 e. The van der Waals surface area contributed by atoms with Crippen LogP contribution in [0.2, 0.25) is 0 Å². The van der Waals surface area contributed by atoms with Gasteiger partial charge in [0.2, 0.25) is 0 Å². The van der Waals surface area contributed by atoms with Crippen LogP contribution in [0, 0.1) is 17.8 Å². The van der Waals surface area contributed by atoms with E-state index in [1.165, 1.54) is 7.11 Å². The lowest BCUT2D eigenvalue weighted by Crippen LogP contribution is -2.45. The van der Waals surface area contributed by atoms with Gasteiger partial charge in [-0.1, -0.05) is 0 Å². The van der Waals surface area contributed by atoms with Gasteiger partial charge < -0.3 is 24.8 Å². The molecule has 0 aromatic rings. The number of carboxylic acids is 3. The van der Waals surface area contributed by atoms with Crippen LogP contribution in [0.4, 0.5) is 0 Å². The molecule has 20 heavy (non-hydrogen) atoms. The minimum Gasteiger partial charge on any atom is -0.481 e. The molecule has 8 nitrogen and oxygen atoms in total. The third kappa shape index (κ3) is 4.46. The van der Waals surface area contributed by atoms with Crippen LogP contribution in [-0.4, -0.2) is 53.2 Å². The van der Waals surface area contributed by atoms with Crippen molar-refractivity contribution in [2.45, 2.75) is 25.6 Å². The molecular formula is C12H18O8. The minimum absolute atomic E-state index is 0.0405. The lowest BCUT2D eigenvalue weighted by atomic mass is 9.74. The van der Waals surface area contributed by atoms with Crippen LogP contribution in [0.1, 0.15) is 19.3 Å². The van der Waals surface area contributed by atoms with Crippen molar-refractivity contribution in [3.05, 3.63) is 0 Å². The summed E-state index contributed by atoms with van der Waals surface area (Å²) in [6.45, 7) is 0.0405. The fraction of sp³-hybridized carbons (Fsp3) is 0.750. The summed E-state index contributed by atoms with van der Waals surface area (Å²) in [5.74, 6) is -5.12. The molecule has 8 heteroatoms. The molecule has 0 radical (unpaired) electrons. The normalized spacial score (nSPS) is 29.9. The fourth-order valence-electron chi connectivity index (χ4n) is 2.66. The smallest absolute Gasteiger partial charge is 0.303 e. The van der Waals surface area contributed by atoms with Crippen LogP contribution in [0.25, 0.3) is 0 Å². The Kier molecular flexibility index (Phi) is 5.90. The van der Waals surface area contributed by atoms with E-state index in [1.807, 2.05) is 0 Å². The number of hydrogen-bond donors (Lipinski definition) is 3. The molecule has 0 aromatic carbocycles. The quantitative estimate of drug-likeness (QED) is 0.608. The van der Waals surface area contributed by atoms with Gasteiger partial charge in [-0.05, 0) is 11.8 Å². The highest BCUT2D eigenvalue weighted by Crippen LogP contribution is 2.38. The SMILES string of the molecule is COC1OCC(CC(=O)O)C(CC(=O)O)C1CC(=O)O. The summed E-state index contributed by atoms with van der Waals surface area (Å²) >= 11 is 0. The number of aliphatic carboxylic acids is 3. The van der Waals surface area contributed by atoms with E-state index in [9.17, 15) is 14.4 Å². The maximum atomic E-state index is 10.9. The van der Waals surface area contributed by atoms with Crippen LogP contribution in [0.3, 0.4) is 0 Å². The second kappa shape index (κ2) is 7.20. The standard InChI is InChI=1S/C12H18O8/c1-19-12-8(4-11(17)18)7(3-10(15)16)6(5-20-12)2-9(13)14/h6-8,12H,2-5H2,1H3,(H,13,14)(H,15,16)(H,17,18). The first-order chi connectivity index (χ1) is 9.35. The Bertz CT molecular complexity index is 380. The minimum atomic E-state index is -1.10. The van der Waals surface area contributed by atoms with E-state index in [-0.39, 0.29) is 25.9 Å². The molecule has 0 spiro atoms. The maximum absolute atomic E-state index is 10.9. The van der Waals surface area contributed by atoms with Gasteiger partial charge in [-0.25, -0.2) is 0 Å². The van der Waals surface area contributed by atoms with Crippen molar-refractivity contribution in [3.8, 4) is 0 Å². The number of carboxylic acid groups (broad SMARTS) is 3. The summed E-state index contributed by atoms with van der Waals surface area (Å²) in [7, 11) is 1.34. The van der Waals surface area contributed by atoms with Crippen molar-refractivity contribution >= 4 is 17.9 Å². The average Bonchev–Trinajstić information content (AvgIpc) is 2.31. The second-order valence-corrected chi connectivity index (χ2v) is 4.82. The van der Waals surface area contributed by atoms with Crippen LogP contribution < -0.4 is 0 Å². The molecule has 0 saturated carbocycles. The van der Waals surface area contributed by atoms with Gasteiger partial charge in [0.1, 0.15) is 0 Å². The van der Waals surface area contributed by atoms with Gasteiger partial charge in [0.05, 0.1) is 19.4 Å². The first kappa shape index (κ1) is 16.4. The van der Waals surface area contributed by atoms with E-state index in [0.29, 0.717) is 0 Å².